The number of aryl methyl sites for hydroxylation is 3. The summed E-state index contributed by atoms with van der Waals surface area (Å²) in [5.74, 6) is -0.149. The lowest BCUT2D eigenvalue weighted by Gasteiger charge is -2.33. The van der Waals surface area contributed by atoms with Gasteiger partial charge in [-0.1, -0.05) is 90.8 Å². The van der Waals surface area contributed by atoms with Gasteiger partial charge in [0.25, 0.3) is 0 Å². The van der Waals surface area contributed by atoms with E-state index >= 15 is 0 Å². The van der Waals surface area contributed by atoms with E-state index in [0.29, 0.717) is 13.0 Å². The average molecular weight is 471 g/mol. The number of benzene rings is 3. The molecule has 184 valence electrons. The lowest BCUT2D eigenvalue weighted by atomic mass is 9.99. The second-order valence-electron chi connectivity index (χ2n) is 9.64. The van der Waals surface area contributed by atoms with Crippen LogP contribution in [-0.4, -0.2) is 28.8 Å². The van der Waals surface area contributed by atoms with E-state index in [1.165, 1.54) is 0 Å². The molecular formula is C31H38N2O2. The molecule has 2 atom stereocenters. The first kappa shape index (κ1) is 26.2. The zero-order valence-corrected chi connectivity index (χ0v) is 21.7. The van der Waals surface area contributed by atoms with Gasteiger partial charge in [0, 0.05) is 19.0 Å². The van der Waals surface area contributed by atoms with Crippen LogP contribution in [0.4, 0.5) is 0 Å². The van der Waals surface area contributed by atoms with E-state index in [2.05, 4.69) is 23.5 Å². The van der Waals surface area contributed by atoms with Crippen LogP contribution in [0.1, 0.15) is 53.6 Å². The van der Waals surface area contributed by atoms with Crippen LogP contribution in [0.5, 0.6) is 0 Å². The van der Waals surface area contributed by atoms with E-state index in [4.69, 9.17) is 0 Å². The smallest absolute Gasteiger partial charge is 0.243 e. The molecule has 4 heteroatoms. The minimum Gasteiger partial charge on any atom is -0.352 e. The molecule has 3 aromatic rings. The molecule has 0 bridgehead atoms. The number of rotatable bonds is 10. The standard InChI is InChI=1S/C31H38N2O2/c1-6-25(5)32-31(35)29(19-26-13-8-7-9-14-26)33(21-28-15-11-10-12-24(28)4)30(34)20-27-17-22(2)16-23(3)18-27/h7-18,25,29H,6,19-21H2,1-5H3,(H,32,35). The van der Waals surface area contributed by atoms with E-state index in [0.717, 1.165) is 39.8 Å². The molecular weight excluding hydrogens is 432 g/mol. The summed E-state index contributed by atoms with van der Waals surface area (Å²) in [5, 5.41) is 3.13. The predicted molar refractivity (Wildman–Crippen MR) is 143 cm³/mol. The van der Waals surface area contributed by atoms with Gasteiger partial charge in [0.2, 0.25) is 11.8 Å². The molecule has 3 rings (SSSR count). The predicted octanol–water partition coefficient (Wildman–Crippen LogP) is 5.71. The van der Waals surface area contributed by atoms with Crippen molar-refractivity contribution in [2.45, 2.75) is 72.5 Å². The maximum atomic E-state index is 13.9. The van der Waals surface area contributed by atoms with E-state index in [9.17, 15) is 9.59 Å². The Morgan fingerprint density at radius 3 is 2.11 bits per heavy atom. The number of nitrogens with one attached hydrogen (secondary N) is 1. The molecule has 0 radical (unpaired) electrons. The fraction of sp³-hybridized carbons (Fsp3) is 0.355. The number of carbonyl (C=O) groups excluding carboxylic acids is 2. The molecule has 4 nitrogen and oxygen atoms in total. The molecule has 0 saturated carbocycles. The summed E-state index contributed by atoms with van der Waals surface area (Å²) in [6.45, 7) is 10.6. The third kappa shape index (κ3) is 7.54. The molecule has 2 amide bonds. The summed E-state index contributed by atoms with van der Waals surface area (Å²) in [7, 11) is 0. The van der Waals surface area contributed by atoms with Gasteiger partial charge in [0.1, 0.15) is 6.04 Å². The molecule has 35 heavy (non-hydrogen) atoms. The number of hydrogen-bond acceptors (Lipinski definition) is 2. The first-order valence-electron chi connectivity index (χ1n) is 12.5. The maximum absolute atomic E-state index is 13.9. The number of amides is 2. The second kappa shape index (κ2) is 12.3. The SMILES string of the molecule is CCC(C)NC(=O)C(Cc1ccccc1)N(Cc1ccccc1C)C(=O)Cc1cc(C)cc(C)c1. The fourth-order valence-corrected chi connectivity index (χ4v) is 4.41. The monoisotopic (exact) mass is 470 g/mol. The molecule has 0 aliphatic carbocycles. The molecule has 0 aliphatic heterocycles. The van der Waals surface area contributed by atoms with E-state index in [1.807, 2.05) is 89.2 Å². The molecule has 0 spiro atoms. The van der Waals surface area contributed by atoms with Gasteiger partial charge in [0.15, 0.2) is 0 Å². The van der Waals surface area contributed by atoms with Crippen LogP contribution in [0, 0.1) is 20.8 Å². The molecule has 0 saturated heterocycles. The lowest BCUT2D eigenvalue weighted by molar-refractivity contribution is -0.141. The largest absolute Gasteiger partial charge is 0.352 e. The van der Waals surface area contributed by atoms with Crippen molar-refractivity contribution < 1.29 is 9.59 Å². The number of hydrogen-bond donors (Lipinski definition) is 1. The van der Waals surface area contributed by atoms with E-state index in [1.54, 1.807) is 4.90 Å². The highest BCUT2D eigenvalue weighted by Gasteiger charge is 2.31. The number of nitrogens with zero attached hydrogens (tertiary/aromatic N) is 1. The van der Waals surface area contributed by atoms with Crippen LogP contribution in [0.15, 0.2) is 72.8 Å². The minimum absolute atomic E-state index is 0.0376. The fourth-order valence-electron chi connectivity index (χ4n) is 4.41. The summed E-state index contributed by atoms with van der Waals surface area (Å²) in [6.07, 6.45) is 1.56. The van der Waals surface area contributed by atoms with Crippen molar-refractivity contribution in [2.24, 2.45) is 0 Å². The van der Waals surface area contributed by atoms with Crippen molar-refractivity contribution in [3.63, 3.8) is 0 Å². The van der Waals surface area contributed by atoms with Crippen molar-refractivity contribution in [1.82, 2.24) is 10.2 Å². The Morgan fingerprint density at radius 1 is 0.857 bits per heavy atom. The Bertz CT molecular complexity index is 1120. The van der Waals surface area contributed by atoms with E-state index < -0.39 is 6.04 Å². The first-order valence-corrected chi connectivity index (χ1v) is 12.5. The topological polar surface area (TPSA) is 49.4 Å². The molecule has 3 aromatic carbocycles. The Labute approximate surface area is 210 Å². The van der Waals surface area contributed by atoms with Crippen LogP contribution in [0.25, 0.3) is 0 Å². The first-order chi connectivity index (χ1) is 16.8. The highest BCUT2D eigenvalue weighted by molar-refractivity contribution is 5.89. The quantitative estimate of drug-likeness (QED) is 0.413. The van der Waals surface area contributed by atoms with Gasteiger partial charge in [0.05, 0.1) is 6.42 Å². The van der Waals surface area contributed by atoms with Crippen molar-refractivity contribution in [3.05, 3.63) is 106 Å². The van der Waals surface area contributed by atoms with Crippen molar-refractivity contribution in [2.75, 3.05) is 0 Å². The molecule has 0 fully saturated rings. The Morgan fingerprint density at radius 2 is 1.49 bits per heavy atom. The summed E-state index contributed by atoms with van der Waals surface area (Å²) in [6, 6.07) is 23.7. The Hall–Kier alpha value is -3.40. The van der Waals surface area contributed by atoms with Crippen LogP contribution in [0.2, 0.25) is 0 Å². The summed E-state index contributed by atoms with van der Waals surface area (Å²) >= 11 is 0. The number of carbonyl (C=O) groups is 2. The van der Waals surface area contributed by atoms with Crippen LogP contribution in [-0.2, 0) is 29.0 Å². The Balaban J connectivity index is 2.00. The molecule has 0 heterocycles. The maximum Gasteiger partial charge on any atom is 0.243 e. The van der Waals surface area contributed by atoms with Crippen molar-refractivity contribution >= 4 is 11.8 Å². The molecule has 1 N–H and O–H groups in total. The third-order valence-corrected chi connectivity index (χ3v) is 6.51. The van der Waals surface area contributed by atoms with Crippen molar-refractivity contribution in [3.8, 4) is 0 Å². The van der Waals surface area contributed by atoms with Gasteiger partial charge < -0.3 is 10.2 Å². The lowest BCUT2D eigenvalue weighted by Crippen LogP contribution is -2.52. The molecule has 2 unspecified atom stereocenters. The van der Waals surface area contributed by atoms with Crippen LogP contribution >= 0.6 is 0 Å². The summed E-state index contributed by atoms with van der Waals surface area (Å²) < 4.78 is 0. The molecule has 0 aromatic heterocycles. The summed E-state index contributed by atoms with van der Waals surface area (Å²) in [5.41, 5.74) is 6.43. The van der Waals surface area contributed by atoms with Gasteiger partial charge in [-0.05, 0) is 56.4 Å². The zero-order valence-electron chi connectivity index (χ0n) is 21.7. The molecule has 0 aliphatic rings. The van der Waals surface area contributed by atoms with Crippen LogP contribution < -0.4 is 5.32 Å². The average Bonchev–Trinajstić information content (AvgIpc) is 2.82. The highest BCUT2D eigenvalue weighted by Crippen LogP contribution is 2.19. The van der Waals surface area contributed by atoms with Gasteiger partial charge >= 0.3 is 0 Å². The van der Waals surface area contributed by atoms with Crippen molar-refractivity contribution in [1.29, 1.82) is 0 Å². The van der Waals surface area contributed by atoms with E-state index in [-0.39, 0.29) is 24.3 Å². The normalized spacial score (nSPS) is 12.6. The van der Waals surface area contributed by atoms with Gasteiger partial charge in [-0.15, -0.1) is 0 Å². The van der Waals surface area contributed by atoms with Gasteiger partial charge in [-0.25, -0.2) is 0 Å². The third-order valence-electron chi connectivity index (χ3n) is 6.51. The van der Waals surface area contributed by atoms with Gasteiger partial charge in [-0.3, -0.25) is 9.59 Å². The van der Waals surface area contributed by atoms with Gasteiger partial charge in [-0.2, -0.15) is 0 Å². The zero-order chi connectivity index (χ0) is 25.4. The second-order valence-corrected chi connectivity index (χ2v) is 9.64. The highest BCUT2D eigenvalue weighted by atomic mass is 16.2. The Kier molecular flexibility index (Phi) is 9.25. The summed E-state index contributed by atoms with van der Waals surface area (Å²) in [4.78, 5) is 29.3. The van der Waals surface area contributed by atoms with Crippen LogP contribution in [0.3, 0.4) is 0 Å². The minimum atomic E-state index is -0.607.